The third kappa shape index (κ3) is 46.0. The third-order valence-corrected chi connectivity index (χ3v) is 12.1. The molecule has 354 valence electrons. The summed E-state index contributed by atoms with van der Waals surface area (Å²) in [4.78, 5) is 35.0. The van der Waals surface area contributed by atoms with Gasteiger partial charge in [-0.15, -0.1) is 0 Å². The van der Waals surface area contributed by atoms with Crippen molar-refractivity contribution in [2.75, 3.05) is 26.4 Å². The highest BCUT2D eigenvalue weighted by atomic mass is 31.2. The van der Waals surface area contributed by atoms with E-state index < -0.39 is 26.5 Å². The van der Waals surface area contributed by atoms with Gasteiger partial charge in [0.1, 0.15) is 6.61 Å². The molecule has 0 heterocycles. The average molecular weight is 870 g/mol. The monoisotopic (exact) mass is 870 g/mol. The lowest BCUT2D eigenvalue weighted by Gasteiger charge is -2.19. The molecule has 0 aliphatic rings. The molecule has 0 radical (unpaired) electrons. The van der Waals surface area contributed by atoms with Crippen LogP contribution in [0.4, 0.5) is 0 Å². The fourth-order valence-corrected chi connectivity index (χ4v) is 8.07. The van der Waals surface area contributed by atoms with Gasteiger partial charge in [0.05, 0.1) is 13.2 Å². The zero-order valence-corrected chi connectivity index (χ0v) is 40.1. The van der Waals surface area contributed by atoms with E-state index in [0.29, 0.717) is 6.42 Å². The van der Waals surface area contributed by atoms with E-state index in [9.17, 15) is 19.0 Å². The van der Waals surface area contributed by atoms with Gasteiger partial charge in [0.25, 0.3) is 0 Å². The van der Waals surface area contributed by atoms with Gasteiger partial charge in [0, 0.05) is 19.4 Å². The van der Waals surface area contributed by atoms with Gasteiger partial charge < -0.3 is 20.1 Å². The lowest BCUT2D eigenvalue weighted by Crippen LogP contribution is -2.29. The first-order valence-electron chi connectivity index (χ1n) is 25.3. The van der Waals surface area contributed by atoms with Gasteiger partial charge in [-0.25, -0.2) is 4.57 Å². The summed E-state index contributed by atoms with van der Waals surface area (Å²) in [5.41, 5.74) is 5.36. The molecule has 3 N–H and O–H groups in total. The van der Waals surface area contributed by atoms with Crippen molar-refractivity contribution in [2.45, 2.75) is 258 Å². The maximum Gasteiger partial charge on any atom is 0.472 e. The van der Waals surface area contributed by atoms with Crippen molar-refractivity contribution < 1.29 is 37.6 Å². The Morgan fingerprint density at radius 3 is 1.32 bits per heavy atom. The van der Waals surface area contributed by atoms with Gasteiger partial charge in [-0.3, -0.25) is 18.6 Å². The predicted octanol–water partition coefficient (Wildman–Crippen LogP) is 15.1. The van der Waals surface area contributed by atoms with Gasteiger partial charge in [-0.2, -0.15) is 0 Å². The Kier molecular flexibility index (Phi) is 45.8. The number of phosphoric acid groups is 1. The van der Waals surface area contributed by atoms with Gasteiger partial charge in [-0.05, 0) is 38.5 Å². The van der Waals surface area contributed by atoms with E-state index in [0.717, 1.165) is 64.2 Å². The highest BCUT2D eigenvalue weighted by Crippen LogP contribution is 2.43. The standard InChI is InChI=1S/C50H96NO8P/c1-3-5-7-9-11-13-15-17-19-20-21-22-23-24-25-26-27-28-29-31-32-34-36-38-40-42-49(52)56-46-48(47-58-60(54,55)57-45-44-51)59-50(53)43-41-39-37-35-33-30-18-16-14-12-10-8-6-4-2/h10,12,16,18,48H,3-9,11,13-15,17,19-47,51H2,1-2H3,(H,54,55)/b12-10-,18-16-. The Labute approximate surface area is 370 Å². The fraction of sp³-hybridized carbons (Fsp3) is 0.880. The molecule has 10 heteroatoms. The molecule has 0 spiro atoms. The Hall–Kier alpha value is -1.51. The topological polar surface area (TPSA) is 134 Å². The van der Waals surface area contributed by atoms with E-state index in [2.05, 4.69) is 38.2 Å². The summed E-state index contributed by atoms with van der Waals surface area (Å²) in [5, 5.41) is 0. The molecular weight excluding hydrogens is 774 g/mol. The lowest BCUT2D eigenvalue weighted by atomic mass is 10.0. The van der Waals surface area contributed by atoms with Crippen LogP contribution in [0.1, 0.15) is 251 Å². The predicted molar refractivity (Wildman–Crippen MR) is 252 cm³/mol. The van der Waals surface area contributed by atoms with Crippen LogP contribution in [0.15, 0.2) is 24.3 Å². The van der Waals surface area contributed by atoms with E-state index in [1.54, 1.807) is 0 Å². The number of hydrogen-bond donors (Lipinski definition) is 2. The summed E-state index contributed by atoms with van der Waals surface area (Å²) in [7, 11) is -4.38. The molecule has 0 rings (SSSR count). The first-order valence-corrected chi connectivity index (χ1v) is 26.8. The van der Waals surface area contributed by atoms with Crippen LogP contribution in [0.2, 0.25) is 0 Å². The van der Waals surface area contributed by atoms with Gasteiger partial charge >= 0.3 is 19.8 Å². The molecular formula is C50H96NO8P. The smallest absolute Gasteiger partial charge is 0.462 e. The normalized spacial score (nSPS) is 13.3. The lowest BCUT2D eigenvalue weighted by molar-refractivity contribution is -0.161. The summed E-state index contributed by atoms with van der Waals surface area (Å²) in [6, 6.07) is 0. The molecule has 60 heavy (non-hydrogen) atoms. The number of rotatable bonds is 48. The quantitative estimate of drug-likeness (QED) is 0.0265. The van der Waals surface area contributed by atoms with Gasteiger partial charge in [-0.1, -0.05) is 224 Å². The molecule has 0 fully saturated rings. The first-order chi connectivity index (χ1) is 29.3. The maximum atomic E-state index is 12.6. The van der Waals surface area contributed by atoms with Crippen LogP contribution in [-0.2, 0) is 32.7 Å². The number of ether oxygens (including phenoxy) is 2. The molecule has 9 nitrogen and oxygen atoms in total. The van der Waals surface area contributed by atoms with E-state index >= 15 is 0 Å². The highest BCUT2D eigenvalue weighted by Gasteiger charge is 2.26. The molecule has 0 aromatic rings. The number of carbonyl (C=O) groups is 2. The van der Waals surface area contributed by atoms with Crippen LogP contribution < -0.4 is 5.73 Å². The minimum absolute atomic E-state index is 0.0526. The maximum absolute atomic E-state index is 12.6. The summed E-state index contributed by atoms with van der Waals surface area (Å²) in [6.07, 6.45) is 52.3. The SMILES string of the molecule is CCCC/C=C\C/C=C\CCCCCCCC(=O)OC(COC(=O)CCCCCCCCCCCCCCCCCCCCCCCCCCC)COP(=O)(O)OCCN. The number of phosphoric ester groups is 1. The van der Waals surface area contributed by atoms with Gasteiger partial charge in [0.15, 0.2) is 6.10 Å². The second-order valence-corrected chi connectivity index (χ2v) is 18.5. The van der Waals surface area contributed by atoms with Crippen LogP contribution in [-0.4, -0.2) is 49.3 Å². The van der Waals surface area contributed by atoms with Crippen LogP contribution in [0.5, 0.6) is 0 Å². The van der Waals surface area contributed by atoms with Gasteiger partial charge in [0.2, 0.25) is 0 Å². The Balaban J connectivity index is 3.95. The van der Waals surface area contributed by atoms with Crippen LogP contribution >= 0.6 is 7.82 Å². The van der Waals surface area contributed by atoms with Crippen LogP contribution in [0.25, 0.3) is 0 Å². The molecule has 0 aliphatic carbocycles. The number of unbranched alkanes of at least 4 members (excludes halogenated alkanes) is 31. The van der Waals surface area contributed by atoms with E-state index in [1.807, 2.05) is 0 Å². The number of nitrogens with two attached hydrogens (primary N) is 1. The minimum Gasteiger partial charge on any atom is -0.462 e. The van der Waals surface area contributed by atoms with Crippen molar-refractivity contribution in [1.29, 1.82) is 0 Å². The summed E-state index contributed by atoms with van der Waals surface area (Å²) >= 11 is 0. The van der Waals surface area contributed by atoms with Crippen molar-refractivity contribution >= 4 is 19.8 Å². The Morgan fingerprint density at radius 2 is 0.883 bits per heavy atom. The number of allylic oxidation sites excluding steroid dienone is 4. The number of carbonyl (C=O) groups excluding carboxylic acids is 2. The van der Waals surface area contributed by atoms with Crippen LogP contribution in [0.3, 0.4) is 0 Å². The second-order valence-electron chi connectivity index (χ2n) is 17.0. The summed E-state index contributed by atoms with van der Waals surface area (Å²) in [5.74, 6) is -0.833. The molecule has 0 saturated heterocycles. The molecule has 0 saturated carbocycles. The van der Waals surface area contributed by atoms with Crippen LogP contribution in [0, 0.1) is 0 Å². The van der Waals surface area contributed by atoms with E-state index in [1.165, 1.54) is 154 Å². The minimum atomic E-state index is -4.38. The molecule has 2 atom stereocenters. The molecule has 0 amide bonds. The van der Waals surface area contributed by atoms with Crippen molar-refractivity contribution in [3.63, 3.8) is 0 Å². The number of hydrogen-bond acceptors (Lipinski definition) is 8. The largest absolute Gasteiger partial charge is 0.472 e. The molecule has 0 aromatic heterocycles. The molecule has 0 bridgehead atoms. The Bertz CT molecular complexity index is 1040. The van der Waals surface area contributed by atoms with Crippen molar-refractivity contribution in [1.82, 2.24) is 0 Å². The zero-order chi connectivity index (χ0) is 43.9. The second kappa shape index (κ2) is 47.0. The van der Waals surface area contributed by atoms with Crippen molar-refractivity contribution in [3.05, 3.63) is 24.3 Å². The summed E-state index contributed by atoms with van der Waals surface area (Å²) < 4.78 is 32.9. The molecule has 2 unspecified atom stereocenters. The first kappa shape index (κ1) is 58.5. The fourth-order valence-electron chi connectivity index (χ4n) is 7.30. The zero-order valence-electron chi connectivity index (χ0n) is 39.2. The highest BCUT2D eigenvalue weighted by molar-refractivity contribution is 7.47. The molecule has 0 aliphatic heterocycles. The summed E-state index contributed by atoms with van der Waals surface area (Å²) in [6.45, 7) is 3.72. The average Bonchev–Trinajstić information content (AvgIpc) is 3.24. The Morgan fingerprint density at radius 1 is 0.500 bits per heavy atom. The van der Waals surface area contributed by atoms with Crippen molar-refractivity contribution in [2.24, 2.45) is 5.73 Å². The van der Waals surface area contributed by atoms with Crippen molar-refractivity contribution in [3.8, 4) is 0 Å². The van der Waals surface area contributed by atoms with E-state index in [-0.39, 0.29) is 38.6 Å². The number of esters is 2. The third-order valence-electron chi connectivity index (χ3n) is 11.1. The molecule has 0 aromatic carbocycles. The van der Waals surface area contributed by atoms with E-state index in [4.69, 9.17) is 24.3 Å².